The van der Waals surface area contributed by atoms with E-state index in [0.717, 1.165) is 30.6 Å². The van der Waals surface area contributed by atoms with Crippen molar-refractivity contribution >= 4 is 23.2 Å². The summed E-state index contributed by atoms with van der Waals surface area (Å²) in [6.45, 7) is 2.88. The van der Waals surface area contributed by atoms with Crippen LogP contribution in [0, 0.1) is 6.92 Å². The van der Waals surface area contributed by atoms with Gasteiger partial charge in [-0.3, -0.25) is 9.59 Å². The molecule has 134 valence electrons. The topological polar surface area (TPSA) is 67.9 Å². The molecule has 2 aliphatic heterocycles. The Hall–Kier alpha value is -3.02. The first-order valence-corrected chi connectivity index (χ1v) is 8.74. The van der Waals surface area contributed by atoms with Crippen LogP contribution in [0.2, 0.25) is 0 Å². The molecular formula is C20H20N2O4. The normalized spacial score (nSPS) is 15.9. The maximum Gasteiger partial charge on any atom is 0.255 e. The quantitative estimate of drug-likeness (QED) is 0.918. The standard InChI is InChI=1S/C20H20N2O4/c1-13-10-15(6-7-16(13)22-9-3-2-4-19(22)23)21-20(24)14-5-8-17-18(11-14)26-12-25-17/h5-8,10-11H,2-4,9,12H2,1H3,(H,21,24). The largest absolute Gasteiger partial charge is 0.454 e. The van der Waals surface area contributed by atoms with Crippen LogP contribution in [-0.2, 0) is 4.79 Å². The molecule has 1 N–H and O–H groups in total. The first-order valence-electron chi connectivity index (χ1n) is 8.74. The number of ether oxygens (including phenoxy) is 2. The molecule has 2 aromatic rings. The minimum atomic E-state index is -0.218. The fourth-order valence-electron chi connectivity index (χ4n) is 3.34. The second kappa shape index (κ2) is 6.71. The van der Waals surface area contributed by atoms with E-state index in [1.165, 1.54) is 0 Å². The summed E-state index contributed by atoms with van der Waals surface area (Å²) in [5, 5.41) is 2.89. The van der Waals surface area contributed by atoms with E-state index in [2.05, 4.69) is 5.32 Å². The number of carbonyl (C=O) groups is 2. The van der Waals surface area contributed by atoms with Gasteiger partial charge in [0.2, 0.25) is 12.7 Å². The maximum atomic E-state index is 12.5. The molecule has 0 aromatic heterocycles. The minimum absolute atomic E-state index is 0.163. The third-order valence-corrected chi connectivity index (χ3v) is 4.70. The number of benzene rings is 2. The van der Waals surface area contributed by atoms with Gasteiger partial charge in [-0.05, 0) is 61.7 Å². The zero-order chi connectivity index (χ0) is 18.1. The summed E-state index contributed by atoms with van der Waals surface area (Å²) in [5.74, 6) is 1.17. The fraction of sp³-hybridized carbons (Fsp3) is 0.300. The number of nitrogens with zero attached hydrogens (tertiary/aromatic N) is 1. The molecule has 1 fully saturated rings. The summed E-state index contributed by atoms with van der Waals surface area (Å²) in [7, 11) is 0. The number of fused-ring (bicyclic) bond motifs is 1. The van der Waals surface area contributed by atoms with E-state index in [-0.39, 0.29) is 18.6 Å². The Bertz CT molecular complexity index is 878. The Balaban J connectivity index is 1.51. The van der Waals surface area contributed by atoms with Crippen molar-refractivity contribution in [3.8, 4) is 11.5 Å². The van der Waals surface area contributed by atoms with Crippen LogP contribution in [0.15, 0.2) is 36.4 Å². The Morgan fingerprint density at radius 3 is 2.73 bits per heavy atom. The van der Waals surface area contributed by atoms with Crippen LogP contribution in [0.5, 0.6) is 11.5 Å². The van der Waals surface area contributed by atoms with Crippen molar-refractivity contribution in [2.45, 2.75) is 26.2 Å². The number of aryl methyl sites for hydroxylation is 1. The van der Waals surface area contributed by atoms with Crippen molar-refractivity contribution < 1.29 is 19.1 Å². The first kappa shape index (κ1) is 16.4. The van der Waals surface area contributed by atoms with E-state index in [9.17, 15) is 9.59 Å². The highest BCUT2D eigenvalue weighted by molar-refractivity contribution is 6.05. The predicted octanol–water partition coefficient (Wildman–Crippen LogP) is 3.49. The molecule has 1 saturated heterocycles. The summed E-state index contributed by atoms with van der Waals surface area (Å²) in [6.07, 6.45) is 2.58. The lowest BCUT2D eigenvalue weighted by Crippen LogP contribution is -2.35. The van der Waals surface area contributed by atoms with Gasteiger partial charge in [-0.1, -0.05) is 0 Å². The van der Waals surface area contributed by atoms with Crippen LogP contribution >= 0.6 is 0 Å². The van der Waals surface area contributed by atoms with Crippen molar-refractivity contribution in [3.05, 3.63) is 47.5 Å². The monoisotopic (exact) mass is 352 g/mol. The fourth-order valence-corrected chi connectivity index (χ4v) is 3.34. The number of hydrogen-bond acceptors (Lipinski definition) is 4. The average Bonchev–Trinajstić information content (AvgIpc) is 3.10. The van der Waals surface area contributed by atoms with Gasteiger partial charge >= 0.3 is 0 Å². The summed E-state index contributed by atoms with van der Waals surface area (Å²) < 4.78 is 10.6. The molecule has 0 bridgehead atoms. The highest BCUT2D eigenvalue weighted by Gasteiger charge is 2.21. The zero-order valence-corrected chi connectivity index (χ0v) is 14.6. The minimum Gasteiger partial charge on any atom is -0.454 e. The maximum absolute atomic E-state index is 12.5. The van der Waals surface area contributed by atoms with Crippen molar-refractivity contribution in [1.29, 1.82) is 0 Å². The van der Waals surface area contributed by atoms with E-state index < -0.39 is 0 Å². The molecule has 0 atom stereocenters. The molecule has 6 nitrogen and oxygen atoms in total. The zero-order valence-electron chi connectivity index (χ0n) is 14.6. The van der Waals surface area contributed by atoms with Gasteiger partial charge in [-0.25, -0.2) is 0 Å². The smallest absolute Gasteiger partial charge is 0.255 e. The van der Waals surface area contributed by atoms with Gasteiger partial charge in [0.05, 0.1) is 0 Å². The summed E-state index contributed by atoms with van der Waals surface area (Å²) in [4.78, 5) is 26.4. The Morgan fingerprint density at radius 1 is 1.08 bits per heavy atom. The van der Waals surface area contributed by atoms with E-state index in [4.69, 9.17) is 9.47 Å². The van der Waals surface area contributed by atoms with Crippen LogP contribution < -0.4 is 19.7 Å². The van der Waals surface area contributed by atoms with Crippen molar-refractivity contribution in [3.63, 3.8) is 0 Å². The molecule has 2 aliphatic rings. The number of anilines is 2. The van der Waals surface area contributed by atoms with Gasteiger partial charge in [-0.2, -0.15) is 0 Å². The molecule has 2 heterocycles. The van der Waals surface area contributed by atoms with Crippen LogP contribution in [0.4, 0.5) is 11.4 Å². The highest BCUT2D eigenvalue weighted by Crippen LogP contribution is 2.33. The van der Waals surface area contributed by atoms with Gasteiger partial charge in [0, 0.05) is 29.9 Å². The second-order valence-corrected chi connectivity index (χ2v) is 6.53. The molecule has 2 amide bonds. The second-order valence-electron chi connectivity index (χ2n) is 6.53. The van der Waals surface area contributed by atoms with Crippen LogP contribution in [0.3, 0.4) is 0 Å². The van der Waals surface area contributed by atoms with Crippen LogP contribution in [0.1, 0.15) is 35.2 Å². The SMILES string of the molecule is Cc1cc(NC(=O)c2ccc3c(c2)OCO3)ccc1N1CCCCC1=O. The number of nitrogens with one attached hydrogen (secondary N) is 1. The Morgan fingerprint density at radius 2 is 1.92 bits per heavy atom. The molecule has 6 heteroatoms. The van der Waals surface area contributed by atoms with E-state index in [0.29, 0.717) is 29.2 Å². The number of rotatable bonds is 3. The molecule has 0 spiro atoms. The molecule has 0 unspecified atom stereocenters. The van der Waals surface area contributed by atoms with Crippen LogP contribution in [-0.4, -0.2) is 25.2 Å². The predicted molar refractivity (Wildman–Crippen MR) is 97.9 cm³/mol. The highest BCUT2D eigenvalue weighted by atomic mass is 16.7. The molecule has 0 aliphatic carbocycles. The van der Waals surface area contributed by atoms with Gasteiger partial charge < -0.3 is 19.7 Å². The van der Waals surface area contributed by atoms with E-state index in [1.807, 2.05) is 30.0 Å². The van der Waals surface area contributed by atoms with E-state index in [1.54, 1.807) is 18.2 Å². The summed E-state index contributed by atoms with van der Waals surface area (Å²) in [5.41, 5.74) is 3.07. The van der Waals surface area contributed by atoms with Crippen molar-refractivity contribution in [2.75, 3.05) is 23.6 Å². The number of piperidine rings is 1. The Kier molecular flexibility index (Phi) is 4.24. The van der Waals surface area contributed by atoms with Gasteiger partial charge in [0.25, 0.3) is 5.91 Å². The van der Waals surface area contributed by atoms with Gasteiger partial charge in [0.1, 0.15) is 0 Å². The molecular weight excluding hydrogens is 332 g/mol. The summed E-state index contributed by atoms with van der Waals surface area (Å²) >= 11 is 0. The lowest BCUT2D eigenvalue weighted by molar-refractivity contribution is -0.119. The molecule has 4 rings (SSSR count). The first-order chi connectivity index (χ1) is 12.6. The molecule has 2 aromatic carbocycles. The average molecular weight is 352 g/mol. The molecule has 26 heavy (non-hydrogen) atoms. The third kappa shape index (κ3) is 3.10. The molecule has 0 saturated carbocycles. The lowest BCUT2D eigenvalue weighted by atomic mass is 10.1. The third-order valence-electron chi connectivity index (χ3n) is 4.70. The number of hydrogen-bond donors (Lipinski definition) is 1. The lowest BCUT2D eigenvalue weighted by Gasteiger charge is -2.28. The van der Waals surface area contributed by atoms with Crippen LogP contribution in [0.25, 0.3) is 0 Å². The van der Waals surface area contributed by atoms with E-state index >= 15 is 0 Å². The van der Waals surface area contributed by atoms with Gasteiger partial charge in [-0.15, -0.1) is 0 Å². The molecule has 0 radical (unpaired) electrons. The number of amides is 2. The van der Waals surface area contributed by atoms with Gasteiger partial charge in [0.15, 0.2) is 11.5 Å². The van der Waals surface area contributed by atoms with Crippen molar-refractivity contribution in [2.24, 2.45) is 0 Å². The number of carbonyl (C=O) groups excluding carboxylic acids is 2. The van der Waals surface area contributed by atoms with Crippen molar-refractivity contribution in [1.82, 2.24) is 0 Å². The Labute approximate surface area is 151 Å². The summed E-state index contributed by atoms with van der Waals surface area (Å²) in [6, 6.07) is 10.7.